The van der Waals surface area contributed by atoms with Crippen LogP contribution in [-0.2, 0) is 15.0 Å². The molecule has 0 bridgehead atoms. The molecule has 2 aromatic rings. The summed E-state index contributed by atoms with van der Waals surface area (Å²) >= 11 is 5.80. The number of hydrogen-bond acceptors (Lipinski definition) is 3. The molecule has 2 aromatic carbocycles. The minimum absolute atomic E-state index is 0.0490. The molecule has 0 spiro atoms. The Balaban J connectivity index is 1.64. The number of fused-ring (bicyclic) bond motifs is 1. The zero-order valence-corrected chi connectivity index (χ0v) is 14.1. The second kappa shape index (κ2) is 6.17. The van der Waals surface area contributed by atoms with Gasteiger partial charge in [-0.25, -0.2) is 0 Å². The van der Waals surface area contributed by atoms with Gasteiger partial charge in [-0.2, -0.15) is 0 Å². The normalized spacial score (nSPS) is 14.7. The van der Waals surface area contributed by atoms with Crippen molar-refractivity contribution in [3.63, 3.8) is 0 Å². The molecule has 3 rings (SSSR count). The first kappa shape index (κ1) is 16.3. The van der Waals surface area contributed by atoms with Crippen molar-refractivity contribution in [3.8, 4) is 5.75 Å². The first-order valence-electron chi connectivity index (χ1n) is 7.50. The van der Waals surface area contributed by atoms with Crippen LogP contribution in [0.1, 0.15) is 19.4 Å². The number of ether oxygens (including phenoxy) is 1. The van der Waals surface area contributed by atoms with E-state index in [0.717, 1.165) is 11.3 Å². The molecule has 0 aliphatic carbocycles. The van der Waals surface area contributed by atoms with Crippen LogP contribution in [0, 0.1) is 0 Å². The number of carbonyl (C=O) groups is 2. The molecule has 1 aliphatic rings. The SMILES string of the molecule is CC1(C)C(=O)Nc2ccc(NC(=O)COc3ccc(Cl)cc3)cc21. The summed E-state index contributed by atoms with van der Waals surface area (Å²) in [4.78, 5) is 24.0. The molecule has 0 atom stereocenters. The van der Waals surface area contributed by atoms with Crippen molar-refractivity contribution in [2.75, 3.05) is 17.2 Å². The van der Waals surface area contributed by atoms with Gasteiger partial charge in [-0.15, -0.1) is 0 Å². The fraction of sp³-hybridized carbons (Fsp3) is 0.222. The van der Waals surface area contributed by atoms with Crippen LogP contribution in [0.15, 0.2) is 42.5 Å². The van der Waals surface area contributed by atoms with Crippen LogP contribution in [0.25, 0.3) is 0 Å². The standard InChI is InChI=1S/C18H17ClN2O3/c1-18(2)14-9-12(5-8-15(14)21-17(18)23)20-16(22)10-24-13-6-3-11(19)4-7-13/h3-9H,10H2,1-2H3,(H,20,22)(H,21,23). The lowest BCUT2D eigenvalue weighted by molar-refractivity contribution is -0.120. The molecule has 0 fully saturated rings. The van der Waals surface area contributed by atoms with Gasteiger partial charge < -0.3 is 15.4 Å². The minimum atomic E-state index is -0.615. The topological polar surface area (TPSA) is 67.4 Å². The van der Waals surface area contributed by atoms with Crippen molar-refractivity contribution in [3.05, 3.63) is 53.1 Å². The highest BCUT2D eigenvalue weighted by Gasteiger charge is 2.38. The van der Waals surface area contributed by atoms with E-state index in [-0.39, 0.29) is 18.4 Å². The molecule has 2 amide bonds. The average molecular weight is 345 g/mol. The molecule has 0 saturated heterocycles. The highest BCUT2D eigenvalue weighted by molar-refractivity contribution is 6.30. The van der Waals surface area contributed by atoms with Gasteiger partial charge in [0.2, 0.25) is 5.91 Å². The van der Waals surface area contributed by atoms with Crippen molar-refractivity contribution < 1.29 is 14.3 Å². The van der Waals surface area contributed by atoms with Crippen LogP contribution in [0.2, 0.25) is 5.02 Å². The van der Waals surface area contributed by atoms with E-state index in [1.165, 1.54) is 0 Å². The number of hydrogen-bond donors (Lipinski definition) is 2. The van der Waals surface area contributed by atoms with E-state index in [1.807, 2.05) is 19.9 Å². The van der Waals surface area contributed by atoms with Gasteiger partial charge in [0.15, 0.2) is 6.61 Å². The zero-order valence-electron chi connectivity index (χ0n) is 13.4. The lowest BCUT2D eigenvalue weighted by Crippen LogP contribution is -2.27. The van der Waals surface area contributed by atoms with Crippen molar-refractivity contribution in [2.45, 2.75) is 19.3 Å². The quantitative estimate of drug-likeness (QED) is 0.890. The Hall–Kier alpha value is -2.53. The van der Waals surface area contributed by atoms with Gasteiger partial charge in [0.1, 0.15) is 5.75 Å². The molecule has 5 nitrogen and oxygen atoms in total. The Bertz CT molecular complexity index is 800. The number of amides is 2. The van der Waals surface area contributed by atoms with E-state index < -0.39 is 5.41 Å². The number of halogens is 1. The summed E-state index contributed by atoms with van der Waals surface area (Å²) in [6, 6.07) is 12.1. The van der Waals surface area contributed by atoms with E-state index in [4.69, 9.17) is 16.3 Å². The highest BCUT2D eigenvalue weighted by Crippen LogP contribution is 2.38. The van der Waals surface area contributed by atoms with Gasteiger partial charge in [0.25, 0.3) is 5.91 Å². The van der Waals surface area contributed by atoms with Crippen molar-refractivity contribution in [2.24, 2.45) is 0 Å². The summed E-state index contributed by atoms with van der Waals surface area (Å²) in [6.45, 7) is 3.59. The highest BCUT2D eigenvalue weighted by atomic mass is 35.5. The average Bonchev–Trinajstić information content (AvgIpc) is 2.77. The Morgan fingerprint density at radius 3 is 2.62 bits per heavy atom. The third-order valence-electron chi connectivity index (χ3n) is 3.98. The first-order valence-corrected chi connectivity index (χ1v) is 7.88. The summed E-state index contributed by atoms with van der Waals surface area (Å²) in [5.74, 6) is 0.242. The maximum Gasteiger partial charge on any atom is 0.262 e. The Morgan fingerprint density at radius 1 is 1.21 bits per heavy atom. The maximum atomic E-state index is 12.0. The summed E-state index contributed by atoms with van der Waals surface area (Å²) in [7, 11) is 0. The molecule has 6 heteroatoms. The second-order valence-corrected chi connectivity index (χ2v) is 6.57. The third kappa shape index (κ3) is 3.21. The predicted molar refractivity (Wildman–Crippen MR) is 93.7 cm³/mol. The molecule has 0 aromatic heterocycles. The predicted octanol–water partition coefficient (Wildman–Crippen LogP) is 3.59. The lowest BCUT2D eigenvalue weighted by Gasteiger charge is -2.16. The van der Waals surface area contributed by atoms with Gasteiger partial charge in [-0.1, -0.05) is 11.6 Å². The third-order valence-corrected chi connectivity index (χ3v) is 4.23. The van der Waals surface area contributed by atoms with E-state index in [1.54, 1.807) is 36.4 Å². The van der Waals surface area contributed by atoms with E-state index in [0.29, 0.717) is 16.5 Å². The van der Waals surface area contributed by atoms with E-state index >= 15 is 0 Å². The molecule has 0 saturated carbocycles. The van der Waals surface area contributed by atoms with Crippen molar-refractivity contribution in [1.29, 1.82) is 0 Å². The first-order chi connectivity index (χ1) is 11.4. The monoisotopic (exact) mass is 344 g/mol. The maximum absolute atomic E-state index is 12.0. The van der Waals surface area contributed by atoms with Crippen LogP contribution in [0.3, 0.4) is 0 Å². The van der Waals surface area contributed by atoms with Crippen LogP contribution in [-0.4, -0.2) is 18.4 Å². The van der Waals surface area contributed by atoms with E-state index in [2.05, 4.69) is 10.6 Å². The number of benzene rings is 2. The molecule has 2 N–H and O–H groups in total. The molecule has 0 radical (unpaired) electrons. The van der Waals surface area contributed by atoms with Crippen molar-refractivity contribution >= 4 is 34.8 Å². The summed E-state index contributed by atoms with van der Waals surface area (Å²) in [5, 5.41) is 6.22. The summed E-state index contributed by atoms with van der Waals surface area (Å²) in [6.07, 6.45) is 0. The second-order valence-electron chi connectivity index (χ2n) is 6.13. The molecule has 24 heavy (non-hydrogen) atoms. The fourth-order valence-corrected chi connectivity index (χ4v) is 2.65. The molecule has 1 aliphatic heterocycles. The molecule has 0 unspecified atom stereocenters. The van der Waals surface area contributed by atoms with Crippen molar-refractivity contribution in [1.82, 2.24) is 0 Å². The van der Waals surface area contributed by atoms with Gasteiger partial charge in [0, 0.05) is 16.4 Å². The molecular formula is C18H17ClN2O3. The van der Waals surface area contributed by atoms with Crippen LogP contribution in [0.5, 0.6) is 5.75 Å². The molecular weight excluding hydrogens is 328 g/mol. The van der Waals surface area contributed by atoms with Gasteiger partial charge >= 0.3 is 0 Å². The molecule has 1 heterocycles. The lowest BCUT2D eigenvalue weighted by atomic mass is 9.86. The van der Waals surface area contributed by atoms with Gasteiger partial charge in [-0.3, -0.25) is 9.59 Å². The smallest absolute Gasteiger partial charge is 0.262 e. The van der Waals surface area contributed by atoms with Gasteiger partial charge in [-0.05, 0) is 61.9 Å². The largest absolute Gasteiger partial charge is 0.484 e. The Morgan fingerprint density at radius 2 is 1.92 bits per heavy atom. The minimum Gasteiger partial charge on any atom is -0.484 e. The van der Waals surface area contributed by atoms with Crippen LogP contribution < -0.4 is 15.4 Å². The number of anilines is 2. The number of carbonyl (C=O) groups excluding carboxylic acids is 2. The number of rotatable bonds is 4. The summed E-state index contributed by atoms with van der Waals surface area (Å²) < 4.78 is 5.41. The zero-order chi connectivity index (χ0) is 17.3. The van der Waals surface area contributed by atoms with Crippen LogP contribution >= 0.6 is 11.6 Å². The number of nitrogens with one attached hydrogen (secondary N) is 2. The Labute approximate surface area is 145 Å². The van der Waals surface area contributed by atoms with Crippen LogP contribution in [0.4, 0.5) is 11.4 Å². The summed E-state index contributed by atoms with van der Waals surface area (Å²) in [5.41, 5.74) is 1.66. The Kier molecular flexibility index (Phi) is 4.20. The van der Waals surface area contributed by atoms with Gasteiger partial charge in [0.05, 0.1) is 5.41 Å². The molecule has 124 valence electrons. The fourth-order valence-electron chi connectivity index (χ4n) is 2.53. The van der Waals surface area contributed by atoms with E-state index in [9.17, 15) is 9.59 Å².